The number of carboxylic acid groups (broad SMARTS) is 1. The van der Waals surface area contributed by atoms with Crippen LogP contribution in [0.15, 0.2) is 18.3 Å². The second-order valence-electron chi connectivity index (χ2n) is 3.50. The zero-order valence-corrected chi connectivity index (χ0v) is 9.53. The Labute approximate surface area is 97.8 Å². The van der Waals surface area contributed by atoms with Gasteiger partial charge in [0.15, 0.2) is 0 Å². The van der Waals surface area contributed by atoms with Gasteiger partial charge in [0.2, 0.25) is 0 Å². The first-order valence-electron chi connectivity index (χ1n) is 5.03. The van der Waals surface area contributed by atoms with Gasteiger partial charge < -0.3 is 10.0 Å². The largest absolute Gasteiger partial charge is 0.480 e. The van der Waals surface area contributed by atoms with Crippen LogP contribution in [0.1, 0.15) is 13.3 Å². The van der Waals surface area contributed by atoms with Gasteiger partial charge in [-0.1, -0.05) is 6.92 Å². The minimum Gasteiger partial charge on any atom is -0.480 e. The average molecular weight is 239 g/mol. The van der Waals surface area contributed by atoms with E-state index < -0.39 is 16.9 Å². The highest BCUT2D eigenvalue weighted by Crippen LogP contribution is 2.17. The normalized spacial score (nSPS) is 11.9. The van der Waals surface area contributed by atoms with Gasteiger partial charge in [-0.25, -0.2) is 9.78 Å². The molecule has 17 heavy (non-hydrogen) atoms. The van der Waals surface area contributed by atoms with Crippen molar-refractivity contribution in [1.82, 2.24) is 4.98 Å². The Morgan fingerprint density at radius 2 is 2.29 bits per heavy atom. The topological polar surface area (TPSA) is 96.6 Å². The number of aromatic nitrogens is 1. The van der Waals surface area contributed by atoms with Crippen molar-refractivity contribution in [3.8, 4) is 0 Å². The van der Waals surface area contributed by atoms with Crippen molar-refractivity contribution < 1.29 is 14.8 Å². The van der Waals surface area contributed by atoms with Crippen LogP contribution in [0.3, 0.4) is 0 Å². The number of nitro groups is 1. The maximum atomic E-state index is 10.9. The van der Waals surface area contributed by atoms with Crippen LogP contribution in [0.5, 0.6) is 0 Å². The minimum atomic E-state index is -0.949. The third-order valence-electron chi connectivity index (χ3n) is 2.44. The molecule has 92 valence electrons. The quantitative estimate of drug-likeness (QED) is 0.614. The number of rotatable bonds is 5. The summed E-state index contributed by atoms with van der Waals surface area (Å²) in [5, 5.41) is 19.4. The maximum absolute atomic E-state index is 10.9. The summed E-state index contributed by atoms with van der Waals surface area (Å²) in [6.07, 6.45) is 1.53. The molecule has 0 radical (unpaired) electrons. The lowest BCUT2D eigenvalue weighted by Crippen LogP contribution is -2.38. The van der Waals surface area contributed by atoms with Crippen LogP contribution < -0.4 is 4.90 Å². The molecule has 1 aromatic heterocycles. The molecule has 0 aliphatic heterocycles. The summed E-state index contributed by atoms with van der Waals surface area (Å²) in [7, 11) is 1.59. The maximum Gasteiger partial charge on any atom is 0.326 e. The Balaban J connectivity index is 2.92. The van der Waals surface area contributed by atoms with Crippen LogP contribution in [-0.4, -0.2) is 34.1 Å². The molecule has 1 aromatic rings. The minimum absolute atomic E-state index is 0.120. The van der Waals surface area contributed by atoms with Gasteiger partial charge in [-0.05, 0) is 12.5 Å². The first-order chi connectivity index (χ1) is 7.97. The first kappa shape index (κ1) is 12.9. The van der Waals surface area contributed by atoms with Crippen molar-refractivity contribution in [1.29, 1.82) is 0 Å². The molecule has 0 saturated carbocycles. The van der Waals surface area contributed by atoms with Crippen LogP contribution in [-0.2, 0) is 4.79 Å². The molecule has 1 unspecified atom stereocenters. The Morgan fingerprint density at radius 3 is 2.65 bits per heavy atom. The third kappa shape index (κ3) is 2.90. The lowest BCUT2D eigenvalue weighted by molar-refractivity contribution is -0.385. The number of hydrogen-bond donors (Lipinski definition) is 1. The molecule has 1 atom stereocenters. The van der Waals surface area contributed by atoms with E-state index in [2.05, 4.69) is 4.98 Å². The molecule has 1 heterocycles. The summed E-state index contributed by atoms with van der Waals surface area (Å²) in [6, 6.07) is 2.04. The second kappa shape index (κ2) is 5.24. The summed E-state index contributed by atoms with van der Waals surface area (Å²) in [4.78, 5) is 26.2. The SMILES string of the molecule is CCC(C(=O)O)N(C)c1ccc([N+](=O)[O-])cn1. The predicted octanol–water partition coefficient (Wildman–Crippen LogP) is 1.29. The third-order valence-corrected chi connectivity index (χ3v) is 2.44. The number of nitrogens with zero attached hydrogens (tertiary/aromatic N) is 3. The van der Waals surface area contributed by atoms with Gasteiger partial charge in [0.05, 0.1) is 4.92 Å². The van der Waals surface area contributed by atoms with Gasteiger partial charge >= 0.3 is 5.97 Å². The fourth-order valence-corrected chi connectivity index (χ4v) is 1.47. The number of pyridine rings is 1. The van der Waals surface area contributed by atoms with E-state index in [0.29, 0.717) is 12.2 Å². The summed E-state index contributed by atoms with van der Waals surface area (Å²) >= 11 is 0. The molecule has 0 aliphatic rings. The molecule has 1 N–H and O–H groups in total. The highest BCUT2D eigenvalue weighted by atomic mass is 16.6. The Hall–Kier alpha value is -2.18. The fourth-order valence-electron chi connectivity index (χ4n) is 1.47. The van der Waals surface area contributed by atoms with E-state index in [-0.39, 0.29) is 5.69 Å². The van der Waals surface area contributed by atoms with Crippen molar-refractivity contribution in [2.24, 2.45) is 0 Å². The zero-order valence-electron chi connectivity index (χ0n) is 9.53. The lowest BCUT2D eigenvalue weighted by atomic mass is 10.2. The molecular formula is C10H13N3O4. The summed E-state index contributed by atoms with van der Waals surface area (Å²) in [6.45, 7) is 1.75. The molecule has 0 spiro atoms. The number of carboxylic acids is 1. The van der Waals surface area contributed by atoms with Gasteiger partial charge in [-0.2, -0.15) is 0 Å². The zero-order chi connectivity index (χ0) is 13.0. The van der Waals surface area contributed by atoms with E-state index in [9.17, 15) is 14.9 Å². The predicted molar refractivity (Wildman–Crippen MR) is 61.0 cm³/mol. The van der Waals surface area contributed by atoms with Gasteiger partial charge in [0.1, 0.15) is 18.1 Å². The standard InChI is InChI=1S/C10H13N3O4/c1-3-8(10(14)15)12(2)9-5-4-7(6-11-9)13(16)17/h4-6,8H,3H2,1-2H3,(H,14,15). The number of carbonyl (C=O) groups is 1. The summed E-state index contributed by atoms with van der Waals surface area (Å²) < 4.78 is 0. The highest BCUT2D eigenvalue weighted by molar-refractivity contribution is 5.77. The molecule has 7 heteroatoms. The van der Waals surface area contributed by atoms with E-state index in [1.165, 1.54) is 17.0 Å². The summed E-state index contributed by atoms with van der Waals surface area (Å²) in [5.74, 6) is -0.556. The number of hydrogen-bond acceptors (Lipinski definition) is 5. The molecule has 7 nitrogen and oxygen atoms in total. The molecule has 0 aliphatic carbocycles. The van der Waals surface area contributed by atoms with Gasteiger partial charge in [-0.15, -0.1) is 0 Å². The molecule has 0 saturated heterocycles. The monoisotopic (exact) mass is 239 g/mol. The smallest absolute Gasteiger partial charge is 0.326 e. The highest BCUT2D eigenvalue weighted by Gasteiger charge is 2.21. The molecule has 0 bridgehead atoms. The Kier molecular flexibility index (Phi) is 3.97. The van der Waals surface area contributed by atoms with Gasteiger partial charge in [0.25, 0.3) is 5.69 Å². The van der Waals surface area contributed by atoms with E-state index in [4.69, 9.17) is 5.11 Å². The summed E-state index contributed by atoms with van der Waals surface area (Å²) in [5.41, 5.74) is -0.120. The van der Waals surface area contributed by atoms with Crippen molar-refractivity contribution in [3.05, 3.63) is 28.4 Å². The molecular weight excluding hydrogens is 226 g/mol. The molecule has 0 aromatic carbocycles. The molecule has 1 rings (SSSR count). The van der Waals surface area contributed by atoms with Crippen LogP contribution in [0.2, 0.25) is 0 Å². The number of likely N-dealkylation sites (N-methyl/N-ethyl adjacent to an activating group) is 1. The Morgan fingerprint density at radius 1 is 1.65 bits per heavy atom. The number of aliphatic carboxylic acids is 1. The van der Waals surface area contributed by atoms with Crippen LogP contribution in [0.4, 0.5) is 11.5 Å². The van der Waals surface area contributed by atoms with E-state index in [1.54, 1.807) is 14.0 Å². The Bertz CT molecular complexity index is 418. The molecule has 0 fully saturated rings. The van der Waals surface area contributed by atoms with Crippen molar-refractivity contribution in [3.63, 3.8) is 0 Å². The lowest BCUT2D eigenvalue weighted by Gasteiger charge is -2.24. The van der Waals surface area contributed by atoms with Crippen molar-refractivity contribution >= 4 is 17.5 Å². The van der Waals surface area contributed by atoms with Crippen molar-refractivity contribution in [2.75, 3.05) is 11.9 Å². The first-order valence-corrected chi connectivity index (χ1v) is 5.03. The average Bonchev–Trinajstić information content (AvgIpc) is 2.29. The van der Waals surface area contributed by atoms with Crippen LogP contribution >= 0.6 is 0 Å². The van der Waals surface area contributed by atoms with Gasteiger partial charge in [0, 0.05) is 13.1 Å². The number of anilines is 1. The van der Waals surface area contributed by atoms with E-state index >= 15 is 0 Å². The van der Waals surface area contributed by atoms with E-state index in [0.717, 1.165) is 6.20 Å². The van der Waals surface area contributed by atoms with Crippen molar-refractivity contribution in [2.45, 2.75) is 19.4 Å². The second-order valence-corrected chi connectivity index (χ2v) is 3.50. The van der Waals surface area contributed by atoms with Gasteiger partial charge in [-0.3, -0.25) is 10.1 Å². The fraction of sp³-hybridized carbons (Fsp3) is 0.400. The van der Waals surface area contributed by atoms with Crippen LogP contribution in [0.25, 0.3) is 0 Å². The van der Waals surface area contributed by atoms with E-state index in [1.807, 2.05) is 0 Å². The molecule has 0 amide bonds. The van der Waals surface area contributed by atoms with Crippen LogP contribution in [0, 0.1) is 10.1 Å².